The smallest absolute Gasteiger partial charge is 0.141 e. The Bertz CT molecular complexity index is 588. The summed E-state index contributed by atoms with van der Waals surface area (Å²) in [5.41, 5.74) is 7.17. The second kappa shape index (κ2) is 7.11. The van der Waals surface area contributed by atoms with Crippen molar-refractivity contribution in [2.75, 3.05) is 0 Å². The molecule has 20 heavy (non-hydrogen) atoms. The second-order valence-corrected chi connectivity index (χ2v) is 5.99. The van der Waals surface area contributed by atoms with Crippen molar-refractivity contribution in [1.29, 1.82) is 0 Å². The zero-order valence-corrected chi connectivity index (χ0v) is 13.6. The molecule has 0 aliphatic heterocycles. The largest absolute Gasteiger partial charge is 0.456 e. The van der Waals surface area contributed by atoms with E-state index in [1.807, 2.05) is 30.3 Å². The van der Waals surface area contributed by atoms with Gasteiger partial charge in [0.1, 0.15) is 11.5 Å². The Kier molecular flexibility index (Phi) is 5.46. The van der Waals surface area contributed by atoms with Crippen molar-refractivity contribution in [3.63, 3.8) is 0 Å². The maximum atomic E-state index is 5.99. The average molecular weight is 355 g/mol. The number of ether oxygens (including phenoxy) is 1. The summed E-state index contributed by atoms with van der Waals surface area (Å²) in [4.78, 5) is 0. The van der Waals surface area contributed by atoms with Crippen molar-refractivity contribution in [1.82, 2.24) is 0 Å². The van der Waals surface area contributed by atoms with Gasteiger partial charge in [0.25, 0.3) is 0 Å². The van der Waals surface area contributed by atoms with Gasteiger partial charge in [0.2, 0.25) is 0 Å². The van der Waals surface area contributed by atoms with Crippen molar-refractivity contribution in [3.8, 4) is 11.5 Å². The predicted molar refractivity (Wildman–Crippen MR) is 87.6 cm³/mol. The van der Waals surface area contributed by atoms with Crippen LogP contribution in [-0.4, -0.2) is 6.04 Å². The lowest BCUT2D eigenvalue weighted by atomic mass is 10.0. The van der Waals surface area contributed by atoms with E-state index in [9.17, 15) is 0 Å². The van der Waals surface area contributed by atoms with Gasteiger partial charge >= 0.3 is 0 Å². The van der Waals surface area contributed by atoms with Crippen molar-refractivity contribution >= 4 is 27.5 Å². The molecule has 0 heterocycles. The summed E-state index contributed by atoms with van der Waals surface area (Å²) in [6.45, 7) is 2.09. The average Bonchev–Trinajstić information content (AvgIpc) is 2.42. The van der Waals surface area contributed by atoms with Gasteiger partial charge in [-0.1, -0.05) is 30.7 Å². The number of hydrogen-bond donors (Lipinski definition) is 1. The van der Waals surface area contributed by atoms with E-state index in [1.54, 1.807) is 6.07 Å². The highest BCUT2D eigenvalue weighted by molar-refractivity contribution is 9.10. The first-order valence-electron chi connectivity index (χ1n) is 6.56. The molecule has 0 aliphatic rings. The minimum absolute atomic E-state index is 0.188. The van der Waals surface area contributed by atoms with E-state index in [4.69, 9.17) is 22.1 Å². The van der Waals surface area contributed by atoms with Crippen LogP contribution in [0.15, 0.2) is 46.9 Å². The summed E-state index contributed by atoms with van der Waals surface area (Å²) in [5.74, 6) is 1.54. The van der Waals surface area contributed by atoms with Crippen LogP contribution in [0.25, 0.3) is 0 Å². The van der Waals surface area contributed by atoms with Crippen LogP contribution in [0.5, 0.6) is 11.5 Å². The maximum absolute atomic E-state index is 5.99. The fourth-order valence-corrected chi connectivity index (χ4v) is 2.63. The summed E-state index contributed by atoms with van der Waals surface area (Å²) < 4.78 is 6.71. The standard InChI is InChI=1S/C16H17BrClNO/c1-2-13(19)8-11-4-3-5-14(9-11)20-16-7-6-12(18)10-15(16)17/h3-7,9-10,13H,2,8,19H2,1H3. The lowest BCUT2D eigenvalue weighted by molar-refractivity contribution is 0.478. The van der Waals surface area contributed by atoms with E-state index < -0.39 is 0 Å². The molecule has 1 unspecified atom stereocenters. The van der Waals surface area contributed by atoms with Gasteiger partial charge in [-0.15, -0.1) is 0 Å². The monoisotopic (exact) mass is 353 g/mol. The third kappa shape index (κ3) is 4.23. The van der Waals surface area contributed by atoms with E-state index in [0.717, 1.165) is 28.8 Å². The fourth-order valence-electron chi connectivity index (χ4n) is 1.87. The Labute approximate surface area is 133 Å². The summed E-state index contributed by atoms with van der Waals surface area (Å²) in [5, 5.41) is 0.673. The number of rotatable bonds is 5. The van der Waals surface area contributed by atoms with E-state index in [0.29, 0.717) is 5.02 Å². The minimum atomic E-state index is 0.188. The lowest BCUT2D eigenvalue weighted by Gasteiger charge is -2.11. The van der Waals surface area contributed by atoms with Crippen LogP contribution < -0.4 is 10.5 Å². The Morgan fingerprint density at radius 3 is 2.75 bits per heavy atom. The molecule has 2 nitrogen and oxygen atoms in total. The fraction of sp³-hybridized carbons (Fsp3) is 0.250. The first kappa shape index (κ1) is 15.4. The number of benzene rings is 2. The van der Waals surface area contributed by atoms with Gasteiger partial charge in [-0.3, -0.25) is 0 Å². The zero-order chi connectivity index (χ0) is 14.5. The third-order valence-corrected chi connectivity index (χ3v) is 3.90. The first-order valence-corrected chi connectivity index (χ1v) is 7.73. The molecule has 2 aromatic rings. The van der Waals surface area contributed by atoms with Gasteiger partial charge in [0.15, 0.2) is 0 Å². The van der Waals surface area contributed by atoms with Crippen molar-refractivity contribution in [3.05, 3.63) is 57.5 Å². The molecule has 0 saturated heterocycles. The molecule has 0 aliphatic carbocycles. The molecule has 0 bridgehead atoms. The molecule has 4 heteroatoms. The Morgan fingerprint density at radius 1 is 1.25 bits per heavy atom. The molecule has 106 valence electrons. The summed E-state index contributed by atoms with van der Waals surface area (Å²) in [6, 6.07) is 13.7. The van der Waals surface area contributed by atoms with Crippen LogP contribution >= 0.6 is 27.5 Å². The van der Waals surface area contributed by atoms with Crippen molar-refractivity contribution in [2.45, 2.75) is 25.8 Å². The molecule has 0 radical (unpaired) electrons. The molecule has 2 rings (SSSR count). The van der Waals surface area contributed by atoms with Gasteiger partial charge < -0.3 is 10.5 Å². The van der Waals surface area contributed by atoms with Crippen LogP contribution in [0.1, 0.15) is 18.9 Å². The van der Waals surface area contributed by atoms with Gasteiger partial charge in [0, 0.05) is 11.1 Å². The minimum Gasteiger partial charge on any atom is -0.456 e. The highest BCUT2D eigenvalue weighted by Crippen LogP contribution is 2.32. The van der Waals surface area contributed by atoms with E-state index in [2.05, 4.69) is 28.9 Å². The third-order valence-electron chi connectivity index (χ3n) is 3.04. The van der Waals surface area contributed by atoms with Crippen LogP contribution in [-0.2, 0) is 6.42 Å². The molecule has 1 atom stereocenters. The lowest BCUT2D eigenvalue weighted by Crippen LogP contribution is -2.21. The second-order valence-electron chi connectivity index (χ2n) is 4.70. The molecule has 0 fully saturated rings. The van der Waals surface area contributed by atoms with Crippen molar-refractivity contribution < 1.29 is 4.74 Å². The predicted octanol–water partition coefficient (Wildman–Crippen LogP) is 5.17. The Hall–Kier alpha value is -1.03. The normalized spacial score (nSPS) is 12.2. The number of halogens is 2. The van der Waals surface area contributed by atoms with Gasteiger partial charge in [0.05, 0.1) is 4.47 Å². The molecular weight excluding hydrogens is 338 g/mol. The van der Waals surface area contributed by atoms with Gasteiger partial charge in [-0.2, -0.15) is 0 Å². The summed E-state index contributed by atoms with van der Waals surface area (Å²) >= 11 is 9.36. The van der Waals surface area contributed by atoms with E-state index >= 15 is 0 Å². The molecule has 0 saturated carbocycles. The molecule has 2 N–H and O–H groups in total. The molecule has 0 amide bonds. The molecule has 0 spiro atoms. The first-order chi connectivity index (χ1) is 9.58. The Morgan fingerprint density at radius 2 is 2.05 bits per heavy atom. The van der Waals surface area contributed by atoms with E-state index in [-0.39, 0.29) is 6.04 Å². The topological polar surface area (TPSA) is 35.2 Å². The quantitative estimate of drug-likeness (QED) is 0.803. The maximum Gasteiger partial charge on any atom is 0.141 e. The molecule has 2 aromatic carbocycles. The summed E-state index contributed by atoms with van der Waals surface area (Å²) in [7, 11) is 0. The van der Waals surface area contributed by atoms with Crippen LogP contribution in [0.2, 0.25) is 5.02 Å². The highest BCUT2D eigenvalue weighted by Gasteiger charge is 2.06. The Balaban J connectivity index is 2.15. The number of hydrogen-bond acceptors (Lipinski definition) is 2. The van der Waals surface area contributed by atoms with Gasteiger partial charge in [-0.25, -0.2) is 0 Å². The SMILES string of the molecule is CCC(N)Cc1cccc(Oc2ccc(Cl)cc2Br)c1. The summed E-state index contributed by atoms with van der Waals surface area (Å²) in [6.07, 6.45) is 1.82. The van der Waals surface area contributed by atoms with Crippen LogP contribution in [0.4, 0.5) is 0 Å². The molecular formula is C16H17BrClNO. The zero-order valence-electron chi connectivity index (χ0n) is 11.3. The van der Waals surface area contributed by atoms with Crippen LogP contribution in [0.3, 0.4) is 0 Å². The van der Waals surface area contributed by atoms with Gasteiger partial charge in [-0.05, 0) is 64.7 Å². The van der Waals surface area contributed by atoms with Crippen LogP contribution in [0, 0.1) is 0 Å². The van der Waals surface area contributed by atoms with E-state index in [1.165, 1.54) is 5.56 Å². The van der Waals surface area contributed by atoms with Crippen molar-refractivity contribution in [2.24, 2.45) is 5.73 Å². The molecule has 0 aromatic heterocycles. The highest BCUT2D eigenvalue weighted by atomic mass is 79.9. The number of nitrogens with two attached hydrogens (primary N) is 1.